The number of nitrogens with zero attached hydrogens (tertiary/aromatic N) is 2. The van der Waals surface area contributed by atoms with Gasteiger partial charge in [-0.25, -0.2) is 9.78 Å². The zero-order valence-corrected chi connectivity index (χ0v) is 11.0. The van der Waals surface area contributed by atoms with E-state index in [2.05, 4.69) is 10.3 Å². The van der Waals surface area contributed by atoms with Crippen LogP contribution in [0.3, 0.4) is 0 Å². The lowest BCUT2D eigenvalue weighted by Gasteiger charge is -2.21. The summed E-state index contributed by atoms with van der Waals surface area (Å²) in [5.74, 6) is -0.681. The van der Waals surface area contributed by atoms with Gasteiger partial charge in [0.15, 0.2) is 5.69 Å². The molecule has 20 heavy (non-hydrogen) atoms. The molecule has 2 N–H and O–H groups in total. The van der Waals surface area contributed by atoms with Gasteiger partial charge in [0.1, 0.15) is 0 Å². The van der Waals surface area contributed by atoms with E-state index in [1.54, 1.807) is 0 Å². The Morgan fingerprint density at radius 2 is 2.10 bits per heavy atom. The molecule has 7 nitrogen and oxygen atoms in total. The standard InChI is InChI=1S/C13H17N3O4/c17-13(18)10-6-7-11(16(19)20)12(15-10)14-8-9-4-2-1-3-5-9/h6-7,9H,1-5,8H2,(H,14,15)(H,17,18). The highest BCUT2D eigenvalue weighted by Gasteiger charge is 2.20. The zero-order chi connectivity index (χ0) is 14.5. The first kappa shape index (κ1) is 14.2. The smallest absolute Gasteiger partial charge is 0.354 e. The van der Waals surface area contributed by atoms with E-state index in [4.69, 9.17) is 5.11 Å². The number of nitro groups is 1. The molecule has 0 radical (unpaired) electrons. The van der Waals surface area contributed by atoms with Crippen LogP contribution in [0, 0.1) is 16.0 Å². The Balaban J connectivity index is 2.12. The van der Waals surface area contributed by atoms with Crippen LogP contribution in [-0.2, 0) is 0 Å². The molecule has 7 heteroatoms. The molecule has 108 valence electrons. The average molecular weight is 279 g/mol. The van der Waals surface area contributed by atoms with Crippen molar-refractivity contribution in [1.82, 2.24) is 4.98 Å². The Labute approximate surface area is 116 Å². The van der Waals surface area contributed by atoms with Crippen LogP contribution >= 0.6 is 0 Å². The molecule has 1 aromatic heterocycles. The van der Waals surface area contributed by atoms with Crippen LogP contribution in [0.25, 0.3) is 0 Å². The fourth-order valence-corrected chi connectivity index (χ4v) is 2.48. The van der Waals surface area contributed by atoms with E-state index in [1.165, 1.54) is 25.3 Å². The Kier molecular flexibility index (Phi) is 4.49. The third-order valence-corrected chi connectivity index (χ3v) is 3.57. The number of hydrogen-bond donors (Lipinski definition) is 2. The zero-order valence-electron chi connectivity index (χ0n) is 11.0. The predicted molar refractivity (Wildman–Crippen MR) is 72.9 cm³/mol. The monoisotopic (exact) mass is 279 g/mol. The van der Waals surface area contributed by atoms with Crippen molar-refractivity contribution in [2.45, 2.75) is 32.1 Å². The van der Waals surface area contributed by atoms with Crippen LogP contribution in [0.4, 0.5) is 11.5 Å². The third kappa shape index (κ3) is 3.43. The Morgan fingerprint density at radius 3 is 2.70 bits per heavy atom. The molecule has 0 atom stereocenters. The van der Waals surface area contributed by atoms with Gasteiger partial charge in [-0.15, -0.1) is 0 Å². The van der Waals surface area contributed by atoms with E-state index < -0.39 is 10.9 Å². The fourth-order valence-electron chi connectivity index (χ4n) is 2.48. The van der Waals surface area contributed by atoms with Gasteiger partial charge in [0.25, 0.3) is 0 Å². The number of carboxylic acid groups (broad SMARTS) is 1. The molecule has 2 rings (SSSR count). The average Bonchev–Trinajstić information content (AvgIpc) is 2.45. The number of aromatic carboxylic acids is 1. The SMILES string of the molecule is O=C(O)c1ccc([N+](=O)[O-])c(NCC2CCCCC2)n1. The van der Waals surface area contributed by atoms with Gasteiger partial charge in [0.05, 0.1) is 4.92 Å². The van der Waals surface area contributed by atoms with Gasteiger partial charge in [-0.3, -0.25) is 10.1 Å². The molecule has 0 aliphatic heterocycles. The normalized spacial score (nSPS) is 15.8. The van der Waals surface area contributed by atoms with Crippen LogP contribution in [0.15, 0.2) is 12.1 Å². The van der Waals surface area contributed by atoms with Gasteiger partial charge in [-0.1, -0.05) is 19.3 Å². The van der Waals surface area contributed by atoms with Crippen LogP contribution in [0.2, 0.25) is 0 Å². The van der Waals surface area contributed by atoms with Crippen LogP contribution in [-0.4, -0.2) is 27.5 Å². The van der Waals surface area contributed by atoms with Gasteiger partial charge in [0, 0.05) is 12.6 Å². The number of hydrogen-bond acceptors (Lipinski definition) is 5. The molecular weight excluding hydrogens is 262 g/mol. The summed E-state index contributed by atoms with van der Waals surface area (Å²) in [4.78, 5) is 25.1. The maximum absolute atomic E-state index is 10.9. The largest absolute Gasteiger partial charge is 0.477 e. The first-order valence-electron chi connectivity index (χ1n) is 6.70. The number of rotatable bonds is 5. The summed E-state index contributed by atoms with van der Waals surface area (Å²) < 4.78 is 0. The van der Waals surface area contributed by atoms with Crippen molar-refractivity contribution < 1.29 is 14.8 Å². The summed E-state index contributed by atoms with van der Waals surface area (Å²) in [7, 11) is 0. The first-order valence-corrected chi connectivity index (χ1v) is 6.70. The van der Waals surface area contributed by atoms with E-state index in [1.807, 2.05) is 0 Å². The van der Waals surface area contributed by atoms with Crippen molar-refractivity contribution in [1.29, 1.82) is 0 Å². The summed E-state index contributed by atoms with van der Waals surface area (Å²) in [5, 5.41) is 22.8. The summed E-state index contributed by atoms with van der Waals surface area (Å²) in [5.41, 5.74) is -0.382. The molecule has 0 spiro atoms. The lowest BCUT2D eigenvalue weighted by molar-refractivity contribution is -0.384. The van der Waals surface area contributed by atoms with E-state index in [9.17, 15) is 14.9 Å². The van der Waals surface area contributed by atoms with Crippen molar-refractivity contribution in [2.75, 3.05) is 11.9 Å². The Hall–Kier alpha value is -2.18. The van der Waals surface area contributed by atoms with Crippen LogP contribution in [0.5, 0.6) is 0 Å². The molecular formula is C13H17N3O4. The maximum atomic E-state index is 10.9. The molecule has 1 fully saturated rings. The van der Waals surface area contributed by atoms with Crippen molar-refractivity contribution in [3.8, 4) is 0 Å². The lowest BCUT2D eigenvalue weighted by atomic mass is 9.89. The van der Waals surface area contributed by atoms with Crippen LogP contribution < -0.4 is 5.32 Å². The highest BCUT2D eigenvalue weighted by Crippen LogP contribution is 2.26. The second-order valence-electron chi connectivity index (χ2n) is 5.01. The first-order chi connectivity index (χ1) is 9.58. The van der Waals surface area contributed by atoms with Gasteiger partial charge >= 0.3 is 11.7 Å². The highest BCUT2D eigenvalue weighted by atomic mass is 16.6. The van der Waals surface area contributed by atoms with E-state index >= 15 is 0 Å². The number of pyridine rings is 1. The fraction of sp³-hybridized carbons (Fsp3) is 0.538. The van der Waals surface area contributed by atoms with Crippen molar-refractivity contribution in [3.05, 3.63) is 27.9 Å². The van der Waals surface area contributed by atoms with Crippen molar-refractivity contribution in [2.24, 2.45) is 5.92 Å². The molecule has 1 aromatic rings. The molecule has 1 saturated carbocycles. The minimum atomic E-state index is -1.19. The molecule has 1 aliphatic carbocycles. The topological polar surface area (TPSA) is 105 Å². The van der Waals surface area contributed by atoms with Crippen molar-refractivity contribution >= 4 is 17.5 Å². The Morgan fingerprint density at radius 1 is 1.40 bits per heavy atom. The highest BCUT2D eigenvalue weighted by molar-refractivity contribution is 5.86. The minimum absolute atomic E-state index is 0.0421. The number of nitrogens with one attached hydrogen (secondary N) is 1. The van der Waals surface area contributed by atoms with E-state index in [0.717, 1.165) is 18.9 Å². The third-order valence-electron chi connectivity index (χ3n) is 3.57. The van der Waals surface area contributed by atoms with E-state index in [0.29, 0.717) is 12.5 Å². The van der Waals surface area contributed by atoms with E-state index in [-0.39, 0.29) is 17.2 Å². The van der Waals surface area contributed by atoms with Gasteiger partial charge < -0.3 is 10.4 Å². The number of carboxylic acids is 1. The molecule has 1 heterocycles. The van der Waals surface area contributed by atoms with Gasteiger partial charge in [-0.05, 0) is 24.8 Å². The van der Waals surface area contributed by atoms with Gasteiger partial charge in [-0.2, -0.15) is 0 Å². The number of anilines is 1. The molecule has 0 amide bonds. The molecule has 0 bridgehead atoms. The quantitative estimate of drug-likeness (QED) is 0.634. The molecule has 0 aromatic carbocycles. The summed E-state index contributed by atoms with van der Waals surface area (Å²) >= 11 is 0. The van der Waals surface area contributed by atoms with Crippen molar-refractivity contribution in [3.63, 3.8) is 0 Å². The minimum Gasteiger partial charge on any atom is -0.477 e. The second kappa shape index (κ2) is 6.31. The second-order valence-corrected chi connectivity index (χ2v) is 5.01. The molecule has 0 saturated heterocycles. The van der Waals surface area contributed by atoms with Gasteiger partial charge in [0.2, 0.25) is 5.82 Å². The van der Waals surface area contributed by atoms with Crippen LogP contribution in [0.1, 0.15) is 42.6 Å². The predicted octanol–water partition coefficient (Wildman–Crippen LogP) is 2.68. The maximum Gasteiger partial charge on any atom is 0.354 e. The summed E-state index contributed by atoms with van der Waals surface area (Å²) in [6.07, 6.45) is 5.79. The lowest BCUT2D eigenvalue weighted by Crippen LogP contribution is -2.18. The molecule has 1 aliphatic rings. The number of aromatic nitrogens is 1. The number of carbonyl (C=O) groups is 1. The summed E-state index contributed by atoms with van der Waals surface area (Å²) in [6, 6.07) is 2.33. The molecule has 0 unspecified atom stereocenters. The summed E-state index contributed by atoms with van der Waals surface area (Å²) in [6.45, 7) is 0.594. The Bertz CT molecular complexity index is 512.